The highest BCUT2D eigenvalue weighted by Crippen LogP contribution is 2.11. The maximum Gasteiger partial charge on any atom is 0.261 e. The zero-order valence-electron chi connectivity index (χ0n) is 11.9. The number of carbonyl (C=O) groups is 1. The van der Waals surface area contributed by atoms with E-state index in [1.54, 1.807) is 4.90 Å². The van der Waals surface area contributed by atoms with Crippen LogP contribution in [0.1, 0.15) is 12.8 Å². The average Bonchev–Trinajstić information content (AvgIpc) is 2.87. The third-order valence-electron chi connectivity index (χ3n) is 3.80. The molecule has 7 heteroatoms. The van der Waals surface area contributed by atoms with Crippen LogP contribution in [-0.4, -0.2) is 44.7 Å². The van der Waals surface area contributed by atoms with Crippen LogP contribution in [0, 0.1) is 5.82 Å². The molecule has 2 aromatic rings. The normalized spacial score (nSPS) is 16.5. The fraction of sp³-hybridized carbons (Fsp3) is 0.400. The van der Waals surface area contributed by atoms with E-state index in [-0.39, 0.29) is 30.1 Å². The number of aromatic nitrogens is 2. The molecule has 0 radical (unpaired) electrons. The summed E-state index contributed by atoms with van der Waals surface area (Å²) in [5.41, 5.74) is -0.0535. The second-order valence-electron chi connectivity index (χ2n) is 5.46. The molecule has 0 bridgehead atoms. The number of β-amino-alcohol motifs (C(OH)–C–C–N with tert-alkyl or cyclic N) is 1. The number of carbonyl (C=O) groups excluding carboxylic acids is 1. The molecule has 6 nitrogen and oxygen atoms in total. The monoisotopic (exact) mass is 305 g/mol. The molecule has 0 spiro atoms. The number of aliphatic hydroxyl groups excluding tert-OH is 1. The largest absolute Gasteiger partial charge is 0.389 e. The lowest BCUT2D eigenvalue weighted by Gasteiger charge is -2.20. The van der Waals surface area contributed by atoms with E-state index in [2.05, 4.69) is 4.98 Å². The van der Waals surface area contributed by atoms with Crippen molar-refractivity contribution in [1.82, 2.24) is 14.5 Å². The molecule has 116 valence electrons. The van der Waals surface area contributed by atoms with Gasteiger partial charge in [-0.25, -0.2) is 9.37 Å². The van der Waals surface area contributed by atoms with Crippen molar-refractivity contribution in [2.24, 2.45) is 0 Å². The standard InChI is InChI=1S/C15H16FN3O3/c16-10-3-4-12-13(6-10)17-9-19(15(12)22)8-11(20)7-18-5-1-2-14(18)21/h3-4,6,9,11,20H,1-2,5,7-8H2/t11-/m1/s1. The van der Waals surface area contributed by atoms with Gasteiger partial charge < -0.3 is 10.0 Å². The Morgan fingerprint density at radius 3 is 2.86 bits per heavy atom. The Kier molecular flexibility index (Phi) is 3.89. The van der Waals surface area contributed by atoms with Gasteiger partial charge in [0.2, 0.25) is 5.91 Å². The molecule has 1 aromatic carbocycles. The highest BCUT2D eigenvalue weighted by atomic mass is 19.1. The highest BCUT2D eigenvalue weighted by Gasteiger charge is 2.22. The Bertz CT molecular complexity index is 774. The van der Waals surface area contributed by atoms with Crippen molar-refractivity contribution in [2.45, 2.75) is 25.5 Å². The lowest BCUT2D eigenvalue weighted by Crippen LogP contribution is -2.37. The Hall–Kier alpha value is -2.28. The van der Waals surface area contributed by atoms with E-state index in [0.29, 0.717) is 18.4 Å². The minimum absolute atomic E-state index is 0.0264. The van der Waals surface area contributed by atoms with Gasteiger partial charge in [-0.2, -0.15) is 0 Å². The van der Waals surface area contributed by atoms with Crippen LogP contribution in [0.4, 0.5) is 4.39 Å². The summed E-state index contributed by atoms with van der Waals surface area (Å²) in [4.78, 5) is 29.5. The molecule has 1 saturated heterocycles. The van der Waals surface area contributed by atoms with Crippen molar-refractivity contribution < 1.29 is 14.3 Å². The maximum atomic E-state index is 13.1. The van der Waals surface area contributed by atoms with Gasteiger partial charge >= 0.3 is 0 Å². The molecule has 1 atom stereocenters. The summed E-state index contributed by atoms with van der Waals surface area (Å²) in [6.45, 7) is 0.885. The highest BCUT2D eigenvalue weighted by molar-refractivity contribution is 5.78. The van der Waals surface area contributed by atoms with Crippen LogP contribution in [-0.2, 0) is 11.3 Å². The zero-order valence-corrected chi connectivity index (χ0v) is 11.9. The number of hydrogen-bond acceptors (Lipinski definition) is 4. The molecule has 1 aliphatic heterocycles. The number of rotatable bonds is 4. The molecule has 0 unspecified atom stereocenters. The van der Waals surface area contributed by atoms with Crippen LogP contribution in [0.5, 0.6) is 0 Å². The molecule has 1 aromatic heterocycles. The molecular formula is C15H16FN3O3. The average molecular weight is 305 g/mol. The molecule has 1 amide bonds. The maximum absolute atomic E-state index is 13.1. The van der Waals surface area contributed by atoms with Gasteiger partial charge in [0.05, 0.1) is 29.9 Å². The van der Waals surface area contributed by atoms with Gasteiger partial charge in [0.1, 0.15) is 5.82 Å². The lowest BCUT2D eigenvalue weighted by atomic mass is 10.2. The van der Waals surface area contributed by atoms with Crippen LogP contribution in [0.2, 0.25) is 0 Å². The van der Waals surface area contributed by atoms with Gasteiger partial charge in [-0.05, 0) is 18.6 Å². The quantitative estimate of drug-likeness (QED) is 0.893. The predicted octanol–water partition coefficient (Wildman–Crippen LogP) is 0.519. The zero-order chi connectivity index (χ0) is 15.7. The van der Waals surface area contributed by atoms with Gasteiger partial charge in [-0.3, -0.25) is 14.2 Å². The Labute approximate surface area is 125 Å². The molecule has 0 aliphatic carbocycles. The number of hydrogen-bond donors (Lipinski definition) is 1. The molecule has 3 rings (SSSR count). The second-order valence-corrected chi connectivity index (χ2v) is 5.46. The first kappa shape index (κ1) is 14.6. The summed E-state index contributed by atoms with van der Waals surface area (Å²) in [6, 6.07) is 3.78. The lowest BCUT2D eigenvalue weighted by molar-refractivity contribution is -0.129. The first-order valence-electron chi connectivity index (χ1n) is 7.15. The number of benzene rings is 1. The van der Waals surface area contributed by atoms with Gasteiger partial charge in [0.25, 0.3) is 5.56 Å². The van der Waals surface area contributed by atoms with E-state index in [1.807, 2.05) is 0 Å². The van der Waals surface area contributed by atoms with Crippen molar-refractivity contribution >= 4 is 16.8 Å². The Balaban J connectivity index is 1.78. The minimum atomic E-state index is -0.848. The van der Waals surface area contributed by atoms with Crippen molar-refractivity contribution in [2.75, 3.05) is 13.1 Å². The van der Waals surface area contributed by atoms with Gasteiger partial charge in [-0.15, -0.1) is 0 Å². The molecule has 0 saturated carbocycles. The first-order chi connectivity index (χ1) is 10.5. The van der Waals surface area contributed by atoms with E-state index >= 15 is 0 Å². The molecule has 22 heavy (non-hydrogen) atoms. The fourth-order valence-electron chi connectivity index (χ4n) is 2.70. The third kappa shape index (κ3) is 2.85. The van der Waals surface area contributed by atoms with Gasteiger partial charge in [0.15, 0.2) is 0 Å². The van der Waals surface area contributed by atoms with Crippen molar-refractivity contribution in [3.8, 4) is 0 Å². The number of halogens is 1. The van der Waals surface area contributed by atoms with Crippen LogP contribution in [0.3, 0.4) is 0 Å². The molecule has 1 fully saturated rings. The summed E-state index contributed by atoms with van der Waals surface area (Å²) in [6.07, 6.45) is 1.75. The van der Waals surface area contributed by atoms with Gasteiger partial charge in [0, 0.05) is 25.6 Å². The van der Waals surface area contributed by atoms with Crippen LogP contribution in [0.25, 0.3) is 10.9 Å². The number of fused-ring (bicyclic) bond motifs is 1. The Morgan fingerprint density at radius 1 is 1.32 bits per heavy atom. The topological polar surface area (TPSA) is 75.4 Å². The molecule has 1 aliphatic rings. The van der Waals surface area contributed by atoms with Crippen molar-refractivity contribution in [1.29, 1.82) is 0 Å². The minimum Gasteiger partial charge on any atom is -0.389 e. The fourth-order valence-corrected chi connectivity index (χ4v) is 2.70. The molecule has 1 N–H and O–H groups in total. The van der Waals surface area contributed by atoms with E-state index in [9.17, 15) is 19.1 Å². The van der Waals surface area contributed by atoms with Crippen LogP contribution >= 0.6 is 0 Å². The third-order valence-corrected chi connectivity index (χ3v) is 3.80. The predicted molar refractivity (Wildman–Crippen MR) is 77.8 cm³/mol. The SMILES string of the molecule is O=C1CCCN1C[C@@H](O)Cn1cnc2cc(F)ccc2c1=O. The smallest absolute Gasteiger partial charge is 0.261 e. The number of nitrogens with zero attached hydrogens (tertiary/aromatic N) is 3. The summed E-state index contributed by atoms with van der Waals surface area (Å²) in [7, 11) is 0. The van der Waals surface area contributed by atoms with E-state index < -0.39 is 11.9 Å². The van der Waals surface area contributed by atoms with Gasteiger partial charge in [-0.1, -0.05) is 0 Å². The van der Waals surface area contributed by atoms with Crippen molar-refractivity contribution in [3.05, 3.63) is 40.7 Å². The number of aliphatic hydroxyl groups is 1. The molecular weight excluding hydrogens is 289 g/mol. The van der Waals surface area contributed by atoms with Crippen LogP contribution in [0.15, 0.2) is 29.3 Å². The first-order valence-corrected chi connectivity index (χ1v) is 7.15. The van der Waals surface area contributed by atoms with E-state index in [4.69, 9.17) is 0 Å². The van der Waals surface area contributed by atoms with Crippen molar-refractivity contribution in [3.63, 3.8) is 0 Å². The summed E-state index contributed by atoms with van der Waals surface area (Å²) < 4.78 is 14.4. The number of amides is 1. The summed E-state index contributed by atoms with van der Waals surface area (Å²) in [5.74, 6) is -0.428. The van der Waals surface area contributed by atoms with E-state index in [1.165, 1.54) is 29.1 Å². The molecule has 2 heterocycles. The van der Waals surface area contributed by atoms with Crippen LogP contribution < -0.4 is 5.56 Å². The second kappa shape index (κ2) is 5.84. The number of likely N-dealkylation sites (tertiary alicyclic amines) is 1. The Morgan fingerprint density at radius 2 is 2.14 bits per heavy atom. The van der Waals surface area contributed by atoms with E-state index in [0.717, 1.165) is 6.42 Å². The summed E-state index contributed by atoms with van der Waals surface area (Å²) >= 11 is 0. The summed E-state index contributed by atoms with van der Waals surface area (Å²) in [5, 5.41) is 10.4.